The molecule has 4 N–H and O–H groups in total. The SMILES string of the molecule is CCNC(=NCc1ccccc1CO)NCCc1c(C)[nH]c2ccccc12. The summed E-state index contributed by atoms with van der Waals surface area (Å²) in [4.78, 5) is 8.12. The highest BCUT2D eigenvalue weighted by Crippen LogP contribution is 2.21. The summed E-state index contributed by atoms with van der Waals surface area (Å²) in [6.07, 6.45) is 0.924. The number of para-hydroxylation sites is 1. The van der Waals surface area contributed by atoms with Gasteiger partial charge in [0, 0.05) is 29.7 Å². The van der Waals surface area contributed by atoms with Gasteiger partial charge in [-0.1, -0.05) is 42.5 Å². The van der Waals surface area contributed by atoms with E-state index in [1.807, 2.05) is 24.3 Å². The Morgan fingerprint density at radius 1 is 1.04 bits per heavy atom. The first-order chi connectivity index (χ1) is 13.2. The molecule has 0 aliphatic rings. The molecule has 5 heteroatoms. The molecule has 0 atom stereocenters. The average molecular weight is 364 g/mol. The minimum absolute atomic E-state index is 0.0372. The molecule has 1 aromatic heterocycles. The molecule has 3 aromatic rings. The van der Waals surface area contributed by atoms with E-state index in [4.69, 9.17) is 0 Å². The first-order valence-corrected chi connectivity index (χ1v) is 9.49. The second kappa shape index (κ2) is 9.24. The van der Waals surface area contributed by atoms with Gasteiger partial charge in [-0.3, -0.25) is 0 Å². The van der Waals surface area contributed by atoms with Crippen LogP contribution in [-0.4, -0.2) is 29.1 Å². The first kappa shape index (κ1) is 19.0. The average Bonchev–Trinajstić information content (AvgIpc) is 3.01. The fourth-order valence-electron chi connectivity index (χ4n) is 3.33. The number of fused-ring (bicyclic) bond motifs is 1. The lowest BCUT2D eigenvalue weighted by Crippen LogP contribution is -2.38. The Labute approximate surface area is 160 Å². The normalized spacial score (nSPS) is 11.7. The molecule has 0 spiro atoms. The van der Waals surface area contributed by atoms with Gasteiger partial charge < -0.3 is 20.7 Å². The van der Waals surface area contributed by atoms with Crippen molar-refractivity contribution in [2.75, 3.05) is 13.1 Å². The van der Waals surface area contributed by atoms with Crippen LogP contribution in [0.2, 0.25) is 0 Å². The van der Waals surface area contributed by atoms with Gasteiger partial charge in [-0.05, 0) is 43.0 Å². The third kappa shape index (κ3) is 4.68. The highest BCUT2D eigenvalue weighted by Gasteiger charge is 2.08. The second-order valence-electron chi connectivity index (χ2n) is 6.57. The van der Waals surface area contributed by atoms with Gasteiger partial charge in [0.25, 0.3) is 0 Å². The Kier molecular flexibility index (Phi) is 6.49. The fourth-order valence-corrected chi connectivity index (χ4v) is 3.33. The summed E-state index contributed by atoms with van der Waals surface area (Å²) in [7, 11) is 0. The smallest absolute Gasteiger partial charge is 0.191 e. The van der Waals surface area contributed by atoms with Gasteiger partial charge in [0.15, 0.2) is 5.96 Å². The van der Waals surface area contributed by atoms with Gasteiger partial charge in [0.05, 0.1) is 13.2 Å². The number of aliphatic imine (C=N–C) groups is 1. The van der Waals surface area contributed by atoms with Crippen molar-refractivity contribution < 1.29 is 5.11 Å². The van der Waals surface area contributed by atoms with E-state index in [0.717, 1.165) is 36.6 Å². The first-order valence-electron chi connectivity index (χ1n) is 9.49. The number of aromatic amines is 1. The van der Waals surface area contributed by atoms with Gasteiger partial charge in [0.1, 0.15) is 0 Å². The molecular weight excluding hydrogens is 336 g/mol. The molecule has 2 aromatic carbocycles. The third-order valence-corrected chi connectivity index (χ3v) is 4.73. The molecule has 1 heterocycles. The molecule has 0 aliphatic carbocycles. The summed E-state index contributed by atoms with van der Waals surface area (Å²) in [6, 6.07) is 16.3. The quantitative estimate of drug-likeness (QED) is 0.384. The third-order valence-electron chi connectivity index (χ3n) is 4.73. The maximum atomic E-state index is 9.46. The van der Waals surface area contributed by atoms with Gasteiger partial charge in [0.2, 0.25) is 0 Å². The molecule has 0 fully saturated rings. The second-order valence-corrected chi connectivity index (χ2v) is 6.57. The van der Waals surface area contributed by atoms with Crippen molar-refractivity contribution in [1.82, 2.24) is 15.6 Å². The summed E-state index contributed by atoms with van der Waals surface area (Å²) in [5.41, 5.74) is 5.72. The van der Waals surface area contributed by atoms with E-state index < -0.39 is 0 Å². The summed E-state index contributed by atoms with van der Waals surface area (Å²) in [6.45, 7) is 6.37. The topological polar surface area (TPSA) is 72.4 Å². The molecule has 0 saturated heterocycles. The van der Waals surface area contributed by atoms with Crippen molar-refractivity contribution in [3.63, 3.8) is 0 Å². The highest BCUT2D eigenvalue weighted by molar-refractivity contribution is 5.84. The van der Waals surface area contributed by atoms with Gasteiger partial charge in [-0.2, -0.15) is 0 Å². The number of aliphatic hydroxyl groups excluding tert-OH is 1. The van der Waals surface area contributed by atoms with Crippen LogP contribution in [0.25, 0.3) is 10.9 Å². The molecule has 27 heavy (non-hydrogen) atoms. The molecule has 5 nitrogen and oxygen atoms in total. The van der Waals surface area contributed by atoms with Crippen LogP contribution in [0.1, 0.15) is 29.3 Å². The molecule has 0 bridgehead atoms. The Bertz CT molecular complexity index is 914. The summed E-state index contributed by atoms with van der Waals surface area (Å²) in [5.74, 6) is 0.794. The number of aromatic nitrogens is 1. The number of rotatable bonds is 7. The van der Waals surface area contributed by atoms with E-state index in [1.54, 1.807) is 0 Å². The number of hydrogen-bond acceptors (Lipinski definition) is 2. The number of hydrogen-bond donors (Lipinski definition) is 4. The lowest BCUT2D eigenvalue weighted by atomic mass is 10.1. The van der Waals surface area contributed by atoms with E-state index in [9.17, 15) is 5.11 Å². The number of H-pyrrole nitrogens is 1. The summed E-state index contributed by atoms with van der Waals surface area (Å²) in [5, 5.41) is 17.5. The fraction of sp³-hybridized carbons (Fsp3) is 0.318. The number of guanidine groups is 1. The van der Waals surface area contributed by atoms with Crippen LogP contribution >= 0.6 is 0 Å². The highest BCUT2D eigenvalue weighted by atomic mass is 16.3. The van der Waals surface area contributed by atoms with Crippen molar-refractivity contribution in [2.24, 2.45) is 4.99 Å². The van der Waals surface area contributed by atoms with Gasteiger partial charge in [-0.15, -0.1) is 0 Å². The number of aliphatic hydroxyl groups is 1. The van der Waals surface area contributed by atoms with Crippen molar-refractivity contribution in [2.45, 2.75) is 33.4 Å². The van der Waals surface area contributed by atoms with Crippen LogP contribution in [0, 0.1) is 6.92 Å². The number of benzene rings is 2. The predicted octanol–water partition coefficient (Wildman–Crippen LogP) is 3.27. The van der Waals surface area contributed by atoms with E-state index in [0.29, 0.717) is 6.54 Å². The summed E-state index contributed by atoms with van der Waals surface area (Å²) >= 11 is 0. The van der Waals surface area contributed by atoms with Gasteiger partial charge in [-0.25, -0.2) is 4.99 Å². The standard InChI is InChI=1S/C22H28N4O/c1-3-23-22(25-14-17-8-4-5-9-18(17)15-27)24-13-12-19-16(2)26-21-11-7-6-10-20(19)21/h4-11,26-27H,3,12-15H2,1-2H3,(H2,23,24,25). The minimum atomic E-state index is 0.0372. The lowest BCUT2D eigenvalue weighted by Gasteiger charge is -2.12. The van der Waals surface area contributed by atoms with Crippen molar-refractivity contribution >= 4 is 16.9 Å². The lowest BCUT2D eigenvalue weighted by molar-refractivity contribution is 0.280. The Morgan fingerprint density at radius 3 is 2.56 bits per heavy atom. The molecule has 0 aliphatic heterocycles. The maximum Gasteiger partial charge on any atom is 0.191 e. The molecule has 0 saturated carbocycles. The molecule has 3 rings (SSSR count). The van der Waals surface area contributed by atoms with Gasteiger partial charge >= 0.3 is 0 Å². The molecule has 0 unspecified atom stereocenters. The number of nitrogens with one attached hydrogen (secondary N) is 3. The molecule has 0 radical (unpaired) electrons. The van der Waals surface area contributed by atoms with Crippen LogP contribution in [-0.2, 0) is 19.6 Å². The summed E-state index contributed by atoms with van der Waals surface area (Å²) < 4.78 is 0. The predicted molar refractivity (Wildman–Crippen MR) is 112 cm³/mol. The molecule has 142 valence electrons. The molecule has 0 amide bonds. The van der Waals surface area contributed by atoms with Crippen LogP contribution < -0.4 is 10.6 Å². The van der Waals surface area contributed by atoms with Crippen molar-refractivity contribution in [1.29, 1.82) is 0 Å². The van der Waals surface area contributed by atoms with Crippen molar-refractivity contribution in [3.05, 3.63) is 70.9 Å². The monoisotopic (exact) mass is 364 g/mol. The number of nitrogens with zero attached hydrogens (tertiary/aromatic N) is 1. The van der Waals surface area contributed by atoms with E-state index in [1.165, 1.54) is 22.2 Å². The Balaban J connectivity index is 1.65. The van der Waals surface area contributed by atoms with Crippen LogP contribution in [0.5, 0.6) is 0 Å². The molecular formula is C22H28N4O. The van der Waals surface area contributed by atoms with Crippen LogP contribution in [0.15, 0.2) is 53.5 Å². The van der Waals surface area contributed by atoms with E-state index in [-0.39, 0.29) is 6.61 Å². The Morgan fingerprint density at radius 2 is 1.78 bits per heavy atom. The minimum Gasteiger partial charge on any atom is -0.392 e. The largest absolute Gasteiger partial charge is 0.392 e. The van der Waals surface area contributed by atoms with Crippen LogP contribution in [0.3, 0.4) is 0 Å². The Hall–Kier alpha value is -2.79. The number of aryl methyl sites for hydroxylation is 1. The maximum absolute atomic E-state index is 9.46. The zero-order valence-corrected chi connectivity index (χ0v) is 16.0. The zero-order chi connectivity index (χ0) is 19.1. The van der Waals surface area contributed by atoms with E-state index in [2.05, 4.69) is 58.7 Å². The van der Waals surface area contributed by atoms with Crippen LogP contribution in [0.4, 0.5) is 0 Å². The van der Waals surface area contributed by atoms with E-state index >= 15 is 0 Å². The zero-order valence-electron chi connectivity index (χ0n) is 16.0. The van der Waals surface area contributed by atoms with Crippen molar-refractivity contribution in [3.8, 4) is 0 Å².